The Morgan fingerprint density at radius 1 is 1.06 bits per heavy atom. The van der Waals surface area contributed by atoms with E-state index in [0.717, 1.165) is 36.0 Å². The zero-order valence-corrected chi connectivity index (χ0v) is 17.5. The molecule has 174 valence electrons. The molecule has 1 aliphatic heterocycles. The normalized spacial score (nSPS) is 25.6. The molecule has 5 nitrogen and oxygen atoms in total. The van der Waals surface area contributed by atoms with Crippen LogP contribution in [0.25, 0.3) is 0 Å². The van der Waals surface area contributed by atoms with E-state index in [1.807, 2.05) is 6.07 Å². The summed E-state index contributed by atoms with van der Waals surface area (Å²) in [5, 5.41) is 29.7. The minimum atomic E-state index is -4.38. The van der Waals surface area contributed by atoms with Crippen LogP contribution in [0.2, 0.25) is 0 Å². The predicted molar refractivity (Wildman–Crippen MR) is 111 cm³/mol. The van der Waals surface area contributed by atoms with Gasteiger partial charge in [0.15, 0.2) is 6.61 Å². The first kappa shape index (κ1) is 23.0. The lowest BCUT2D eigenvalue weighted by Crippen LogP contribution is -2.47. The van der Waals surface area contributed by atoms with Crippen molar-refractivity contribution in [3.63, 3.8) is 0 Å². The van der Waals surface area contributed by atoms with E-state index in [1.54, 1.807) is 24.3 Å². The lowest BCUT2D eigenvalue weighted by atomic mass is 9.89. The van der Waals surface area contributed by atoms with Crippen molar-refractivity contribution in [3.8, 4) is 5.75 Å². The standard InChI is InChI=1S/C24H27F3O5/c25-24(26,27)13-31-18-6-4-14(5-7-18)8-16-10-17(9-15-2-1-3-19(15)16)21-11-20(29)23(30)22(12-28)32-21/h4-7,9-10,20-23,28-30H,1-3,8,11-13H2. The Kier molecular flexibility index (Phi) is 6.76. The number of aliphatic hydroxyl groups is 3. The number of hydrogen-bond acceptors (Lipinski definition) is 5. The van der Waals surface area contributed by atoms with Crippen LogP contribution in [-0.2, 0) is 24.0 Å². The molecule has 8 heteroatoms. The SMILES string of the molecule is OCC1OC(c2cc3c(c(Cc4ccc(OCC(F)(F)F)cc4)c2)CCC3)CC(O)C1O. The molecular weight excluding hydrogens is 425 g/mol. The van der Waals surface area contributed by atoms with Crippen molar-refractivity contribution in [2.24, 2.45) is 0 Å². The van der Waals surface area contributed by atoms with Gasteiger partial charge in [0.1, 0.15) is 18.0 Å². The van der Waals surface area contributed by atoms with Crippen LogP contribution in [0, 0.1) is 0 Å². The zero-order valence-electron chi connectivity index (χ0n) is 17.5. The molecule has 32 heavy (non-hydrogen) atoms. The second-order valence-corrected chi connectivity index (χ2v) is 8.54. The zero-order chi connectivity index (χ0) is 22.9. The van der Waals surface area contributed by atoms with Crippen LogP contribution in [0.15, 0.2) is 36.4 Å². The number of aryl methyl sites for hydroxylation is 1. The van der Waals surface area contributed by atoms with Crippen molar-refractivity contribution in [2.75, 3.05) is 13.2 Å². The fourth-order valence-corrected chi connectivity index (χ4v) is 4.58. The fourth-order valence-electron chi connectivity index (χ4n) is 4.58. The monoisotopic (exact) mass is 452 g/mol. The molecule has 1 saturated heterocycles. The van der Waals surface area contributed by atoms with Crippen LogP contribution in [0.3, 0.4) is 0 Å². The van der Waals surface area contributed by atoms with E-state index >= 15 is 0 Å². The highest BCUT2D eigenvalue weighted by Crippen LogP contribution is 2.36. The lowest BCUT2D eigenvalue weighted by molar-refractivity contribution is -0.181. The summed E-state index contributed by atoms with van der Waals surface area (Å²) in [6.45, 7) is -1.70. The molecule has 0 saturated carbocycles. The molecule has 0 amide bonds. The molecule has 0 spiro atoms. The molecule has 0 bridgehead atoms. The number of fused-ring (bicyclic) bond motifs is 1. The van der Waals surface area contributed by atoms with Crippen molar-refractivity contribution in [1.82, 2.24) is 0 Å². The summed E-state index contributed by atoms with van der Waals surface area (Å²) < 4.78 is 47.7. The topological polar surface area (TPSA) is 79.2 Å². The molecule has 0 radical (unpaired) electrons. The van der Waals surface area contributed by atoms with E-state index in [0.29, 0.717) is 6.42 Å². The Morgan fingerprint density at radius 3 is 2.50 bits per heavy atom. The van der Waals surface area contributed by atoms with Crippen molar-refractivity contribution in [1.29, 1.82) is 0 Å². The van der Waals surface area contributed by atoms with Crippen LogP contribution in [0.1, 0.15) is 46.8 Å². The maximum Gasteiger partial charge on any atom is 0.422 e. The molecule has 3 N–H and O–H groups in total. The molecule has 0 aromatic heterocycles. The third-order valence-electron chi connectivity index (χ3n) is 6.17. The van der Waals surface area contributed by atoms with Crippen LogP contribution < -0.4 is 4.74 Å². The summed E-state index contributed by atoms with van der Waals surface area (Å²) >= 11 is 0. The summed E-state index contributed by atoms with van der Waals surface area (Å²) in [6, 6.07) is 10.7. The van der Waals surface area contributed by atoms with E-state index in [4.69, 9.17) is 9.47 Å². The number of hydrogen-bond donors (Lipinski definition) is 3. The first-order valence-electron chi connectivity index (χ1n) is 10.8. The second-order valence-electron chi connectivity index (χ2n) is 8.54. The van der Waals surface area contributed by atoms with E-state index in [1.165, 1.54) is 11.1 Å². The van der Waals surface area contributed by atoms with Gasteiger partial charge in [-0.2, -0.15) is 13.2 Å². The van der Waals surface area contributed by atoms with Crippen molar-refractivity contribution >= 4 is 0 Å². The first-order chi connectivity index (χ1) is 15.2. The number of aliphatic hydroxyl groups excluding tert-OH is 3. The molecular formula is C24H27F3O5. The smallest absolute Gasteiger partial charge is 0.422 e. The lowest BCUT2D eigenvalue weighted by Gasteiger charge is -2.37. The fraction of sp³-hybridized carbons (Fsp3) is 0.500. The van der Waals surface area contributed by atoms with Gasteiger partial charge in [0.25, 0.3) is 0 Å². The summed E-state index contributed by atoms with van der Waals surface area (Å²) in [5.41, 5.74) is 5.47. The molecule has 2 aliphatic rings. The third kappa shape index (κ3) is 5.26. The van der Waals surface area contributed by atoms with Gasteiger partial charge in [-0.3, -0.25) is 0 Å². The Morgan fingerprint density at radius 2 is 1.81 bits per heavy atom. The molecule has 4 unspecified atom stereocenters. The van der Waals surface area contributed by atoms with Gasteiger partial charge in [0.2, 0.25) is 0 Å². The van der Waals surface area contributed by atoms with Crippen molar-refractivity contribution in [2.45, 2.75) is 62.7 Å². The summed E-state index contributed by atoms with van der Waals surface area (Å²) in [6.07, 6.45) is -3.96. The third-order valence-corrected chi connectivity index (χ3v) is 6.17. The predicted octanol–water partition coefficient (Wildman–Crippen LogP) is 3.25. The van der Waals surface area contributed by atoms with Gasteiger partial charge in [0, 0.05) is 6.42 Å². The molecule has 1 heterocycles. The van der Waals surface area contributed by atoms with Crippen LogP contribution in [0.5, 0.6) is 5.75 Å². The van der Waals surface area contributed by atoms with Gasteiger partial charge < -0.3 is 24.8 Å². The quantitative estimate of drug-likeness (QED) is 0.627. The highest BCUT2D eigenvalue weighted by molar-refractivity contribution is 5.45. The largest absolute Gasteiger partial charge is 0.484 e. The Labute approximate surface area is 184 Å². The van der Waals surface area contributed by atoms with E-state index in [9.17, 15) is 28.5 Å². The van der Waals surface area contributed by atoms with Gasteiger partial charge in [0.05, 0.1) is 18.8 Å². The van der Waals surface area contributed by atoms with Gasteiger partial charge in [-0.25, -0.2) is 0 Å². The van der Waals surface area contributed by atoms with Gasteiger partial charge in [-0.15, -0.1) is 0 Å². The summed E-state index contributed by atoms with van der Waals surface area (Å²) in [4.78, 5) is 0. The maximum atomic E-state index is 12.3. The summed E-state index contributed by atoms with van der Waals surface area (Å²) in [7, 11) is 0. The summed E-state index contributed by atoms with van der Waals surface area (Å²) in [5.74, 6) is 0.170. The van der Waals surface area contributed by atoms with Crippen molar-refractivity contribution < 1.29 is 38.0 Å². The van der Waals surface area contributed by atoms with Crippen molar-refractivity contribution in [3.05, 3.63) is 64.2 Å². The maximum absolute atomic E-state index is 12.3. The van der Waals surface area contributed by atoms with Gasteiger partial charge in [-0.05, 0) is 65.6 Å². The second kappa shape index (κ2) is 9.39. The Balaban J connectivity index is 1.54. The van der Waals surface area contributed by atoms with E-state index in [-0.39, 0.29) is 18.8 Å². The molecule has 1 aliphatic carbocycles. The number of alkyl halides is 3. The Hall–Kier alpha value is -2.13. The number of rotatable bonds is 6. The average molecular weight is 452 g/mol. The Bertz CT molecular complexity index is 928. The number of halogens is 3. The van der Waals surface area contributed by atoms with E-state index in [2.05, 4.69) is 6.07 Å². The first-order valence-corrected chi connectivity index (χ1v) is 10.8. The highest BCUT2D eigenvalue weighted by Gasteiger charge is 2.37. The highest BCUT2D eigenvalue weighted by atomic mass is 19.4. The minimum absolute atomic E-state index is 0.170. The average Bonchev–Trinajstić information content (AvgIpc) is 3.23. The number of benzene rings is 2. The minimum Gasteiger partial charge on any atom is -0.484 e. The van der Waals surface area contributed by atoms with Crippen LogP contribution in [0.4, 0.5) is 13.2 Å². The van der Waals surface area contributed by atoms with Crippen LogP contribution in [-0.4, -0.2) is 53.0 Å². The molecule has 1 fully saturated rings. The molecule has 2 aromatic rings. The van der Waals surface area contributed by atoms with Crippen LogP contribution >= 0.6 is 0 Å². The van der Waals surface area contributed by atoms with E-state index < -0.39 is 37.2 Å². The van der Waals surface area contributed by atoms with Gasteiger partial charge >= 0.3 is 6.18 Å². The van der Waals surface area contributed by atoms with Gasteiger partial charge in [-0.1, -0.05) is 24.3 Å². The molecule has 2 aromatic carbocycles. The molecule has 4 atom stereocenters. The molecule has 4 rings (SSSR count). The number of ether oxygens (including phenoxy) is 2.